The number of aryl methyl sites for hydroxylation is 1. The highest BCUT2D eigenvalue weighted by Gasteiger charge is 2.17. The summed E-state index contributed by atoms with van der Waals surface area (Å²) in [6, 6.07) is 22.2. The van der Waals surface area contributed by atoms with Gasteiger partial charge in [-0.1, -0.05) is 60.2 Å². The number of rotatable bonds is 6. The van der Waals surface area contributed by atoms with Crippen molar-refractivity contribution in [2.24, 2.45) is 4.99 Å². The number of hydrogen-bond donors (Lipinski definition) is 0. The van der Waals surface area contributed by atoms with E-state index in [1.54, 1.807) is 44.6 Å². The third-order valence-electron chi connectivity index (χ3n) is 4.15. The minimum absolute atomic E-state index is 0.138. The van der Waals surface area contributed by atoms with Crippen molar-refractivity contribution < 1.29 is 14.3 Å². The fourth-order valence-electron chi connectivity index (χ4n) is 2.67. The van der Waals surface area contributed by atoms with Crippen molar-refractivity contribution in [1.29, 1.82) is 0 Å². The molecule has 4 nitrogen and oxygen atoms in total. The third-order valence-corrected chi connectivity index (χ3v) is 4.15. The standard InChI is InChI=1S/C23H21NO3/c1-16-9-11-17(12-10-16)22(23(25)18-7-5-4-6-8-18)24-19-13-20(26-2)15-21(14-19)27-3/h4-15H,1-3H3. The molecule has 0 saturated heterocycles. The van der Waals surface area contributed by atoms with Crippen LogP contribution in [-0.4, -0.2) is 25.7 Å². The van der Waals surface area contributed by atoms with Crippen LogP contribution in [0.3, 0.4) is 0 Å². The number of hydrogen-bond acceptors (Lipinski definition) is 4. The molecule has 3 aromatic carbocycles. The summed E-state index contributed by atoms with van der Waals surface area (Å²) in [5.74, 6) is 1.09. The summed E-state index contributed by atoms with van der Waals surface area (Å²) in [6.45, 7) is 2.01. The molecule has 0 N–H and O–H groups in total. The molecule has 0 amide bonds. The van der Waals surface area contributed by atoms with Crippen LogP contribution in [0.5, 0.6) is 11.5 Å². The molecule has 4 heteroatoms. The second-order valence-electron chi connectivity index (χ2n) is 6.09. The second kappa shape index (κ2) is 8.32. The van der Waals surface area contributed by atoms with Crippen molar-refractivity contribution in [3.8, 4) is 11.5 Å². The molecular weight excluding hydrogens is 338 g/mol. The van der Waals surface area contributed by atoms with Gasteiger partial charge in [0.1, 0.15) is 17.2 Å². The molecule has 0 atom stereocenters. The van der Waals surface area contributed by atoms with E-state index in [1.165, 1.54) is 0 Å². The first kappa shape index (κ1) is 18.4. The number of carbonyl (C=O) groups is 1. The van der Waals surface area contributed by atoms with Crippen LogP contribution in [0.25, 0.3) is 0 Å². The van der Waals surface area contributed by atoms with Crippen LogP contribution >= 0.6 is 0 Å². The number of Topliss-reactive ketones (excluding diaryl/α,β-unsaturated/α-hetero) is 1. The molecule has 0 fully saturated rings. The van der Waals surface area contributed by atoms with Gasteiger partial charge in [-0.2, -0.15) is 0 Å². The van der Waals surface area contributed by atoms with E-state index >= 15 is 0 Å². The lowest BCUT2D eigenvalue weighted by Crippen LogP contribution is -2.15. The van der Waals surface area contributed by atoms with Crippen molar-refractivity contribution in [2.45, 2.75) is 6.92 Å². The van der Waals surface area contributed by atoms with E-state index in [0.717, 1.165) is 11.1 Å². The van der Waals surface area contributed by atoms with Gasteiger partial charge in [0, 0.05) is 29.3 Å². The number of benzene rings is 3. The lowest BCUT2D eigenvalue weighted by atomic mass is 9.99. The summed E-state index contributed by atoms with van der Waals surface area (Å²) in [5, 5.41) is 0. The number of ether oxygens (including phenoxy) is 2. The molecule has 136 valence electrons. The summed E-state index contributed by atoms with van der Waals surface area (Å²) in [7, 11) is 3.16. The zero-order valence-corrected chi connectivity index (χ0v) is 15.6. The molecule has 0 radical (unpaired) electrons. The van der Waals surface area contributed by atoms with Crippen molar-refractivity contribution in [3.05, 3.63) is 89.5 Å². The molecule has 3 aromatic rings. The molecule has 0 aliphatic carbocycles. The quantitative estimate of drug-likeness (QED) is 0.459. The Balaban J connectivity index is 2.13. The van der Waals surface area contributed by atoms with Crippen LogP contribution in [0.2, 0.25) is 0 Å². The highest BCUT2D eigenvalue weighted by molar-refractivity contribution is 6.51. The fraction of sp³-hybridized carbons (Fsp3) is 0.130. The smallest absolute Gasteiger partial charge is 0.211 e. The van der Waals surface area contributed by atoms with Crippen LogP contribution in [0.15, 0.2) is 77.8 Å². The molecule has 0 saturated carbocycles. The largest absolute Gasteiger partial charge is 0.497 e. The van der Waals surface area contributed by atoms with E-state index in [-0.39, 0.29) is 5.78 Å². The molecule has 0 unspecified atom stereocenters. The molecule has 3 rings (SSSR count). The van der Waals surface area contributed by atoms with Gasteiger partial charge in [-0.3, -0.25) is 4.79 Å². The maximum Gasteiger partial charge on any atom is 0.211 e. The first-order valence-corrected chi connectivity index (χ1v) is 8.59. The Hall–Kier alpha value is -3.40. The topological polar surface area (TPSA) is 47.9 Å². The van der Waals surface area contributed by atoms with Crippen molar-refractivity contribution in [2.75, 3.05) is 14.2 Å². The fourth-order valence-corrected chi connectivity index (χ4v) is 2.67. The molecule has 0 aromatic heterocycles. The van der Waals surface area contributed by atoms with Crippen molar-refractivity contribution >= 4 is 17.2 Å². The second-order valence-corrected chi connectivity index (χ2v) is 6.09. The average molecular weight is 359 g/mol. The van der Waals surface area contributed by atoms with E-state index in [1.807, 2.05) is 49.4 Å². The summed E-state index contributed by atoms with van der Waals surface area (Å²) in [6.07, 6.45) is 0. The SMILES string of the molecule is COc1cc(N=C(C(=O)c2ccccc2)c2ccc(C)cc2)cc(OC)c1. The average Bonchev–Trinajstić information content (AvgIpc) is 2.72. The summed E-state index contributed by atoms with van der Waals surface area (Å²) in [4.78, 5) is 17.8. The zero-order chi connectivity index (χ0) is 19.2. The maximum atomic E-state index is 13.2. The van der Waals surface area contributed by atoms with Crippen LogP contribution in [0.4, 0.5) is 5.69 Å². The van der Waals surface area contributed by atoms with Gasteiger partial charge in [-0.15, -0.1) is 0 Å². The lowest BCUT2D eigenvalue weighted by Gasteiger charge is -2.09. The summed E-state index contributed by atoms with van der Waals surface area (Å²) < 4.78 is 10.6. The molecule has 0 heterocycles. The monoisotopic (exact) mass is 359 g/mol. The molecular formula is C23H21NO3. The van der Waals surface area contributed by atoms with Crippen LogP contribution in [0, 0.1) is 6.92 Å². The molecule has 27 heavy (non-hydrogen) atoms. The number of nitrogens with zero attached hydrogens (tertiary/aromatic N) is 1. The predicted molar refractivity (Wildman–Crippen MR) is 108 cm³/mol. The Morgan fingerprint density at radius 3 is 1.93 bits per heavy atom. The van der Waals surface area contributed by atoms with Crippen LogP contribution < -0.4 is 9.47 Å². The Bertz CT molecular complexity index is 938. The van der Waals surface area contributed by atoms with E-state index in [0.29, 0.717) is 28.5 Å². The zero-order valence-electron chi connectivity index (χ0n) is 15.6. The molecule has 0 aliphatic heterocycles. The Labute approximate surface area is 159 Å². The predicted octanol–water partition coefficient (Wildman–Crippen LogP) is 5.02. The van der Waals surface area contributed by atoms with Gasteiger partial charge in [-0.05, 0) is 6.92 Å². The van der Waals surface area contributed by atoms with Crippen molar-refractivity contribution in [3.63, 3.8) is 0 Å². The van der Waals surface area contributed by atoms with Crippen molar-refractivity contribution in [1.82, 2.24) is 0 Å². The molecule has 0 bridgehead atoms. The van der Waals surface area contributed by atoms with E-state index < -0.39 is 0 Å². The normalized spacial score (nSPS) is 11.1. The third kappa shape index (κ3) is 4.42. The van der Waals surface area contributed by atoms with Gasteiger partial charge >= 0.3 is 0 Å². The van der Waals surface area contributed by atoms with Gasteiger partial charge in [0.15, 0.2) is 0 Å². The highest BCUT2D eigenvalue weighted by Crippen LogP contribution is 2.28. The highest BCUT2D eigenvalue weighted by atomic mass is 16.5. The van der Waals surface area contributed by atoms with E-state index in [2.05, 4.69) is 4.99 Å². The molecule has 0 aliphatic rings. The van der Waals surface area contributed by atoms with E-state index in [9.17, 15) is 4.79 Å². The first-order chi connectivity index (χ1) is 13.1. The van der Waals surface area contributed by atoms with Gasteiger partial charge in [0.25, 0.3) is 0 Å². The number of aliphatic imine (C=N–C) groups is 1. The van der Waals surface area contributed by atoms with Gasteiger partial charge in [0.2, 0.25) is 5.78 Å². The Morgan fingerprint density at radius 1 is 0.778 bits per heavy atom. The minimum Gasteiger partial charge on any atom is -0.497 e. The van der Waals surface area contributed by atoms with Gasteiger partial charge in [-0.25, -0.2) is 4.99 Å². The lowest BCUT2D eigenvalue weighted by molar-refractivity contribution is 0.106. The summed E-state index contributed by atoms with van der Waals surface area (Å²) in [5.41, 5.74) is 3.43. The van der Waals surface area contributed by atoms with Crippen LogP contribution in [-0.2, 0) is 0 Å². The first-order valence-electron chi connectivity index (χ1n) is 8.59. The summed E-state index contributed by atoms with van der Waals surface area (Å²) >= 11 is 0. The maximum absolute atomic E-state index is 13.2. The van der Waals surface area contributed by atoms with E-state index in [4.69, 9.17) is 9.47 Å². The Morgan fingerprint density at radius 2 is 1.37 bits per heavy atom. The minimum atomic E-state index is -0.138. The Kier molecular flexibility index (Phi) is 5.67. The number of carbonyl (C=O) groups excluding carboxylic acids is 1. The van der Waals surface area contributed by atoms with Gasteiger partial charge in [0.05, 0.1) is 19.9 Å². The molecule has 0 spiro atoms. The number of ketones is 1. The van der Waals surface area contributed by atoms with Crippen LogP contribution in [0.1, 0.15) is 21.5 Å². The van der Waals surface area contributed by atoms with Gasteiger partial charge < -0.3 is 9.47 Å². The number of methoxy groups -OCH3 is 2.